The van der Waals surface area contributed by atoms with Gasteiger partial charge in [-0.15, -0.1) is 37.1 Å². The van der Waals surface area contributed by atoms with Crippen molar-refractivity contribution in [3.05, 3.63) is 29.8 Å². The van der Waals surface area contributed by atoms with Crippen LogP contribution in [-0.2, 0) is 6.42 Å². The van der Waals surface area contributed by atoms with E-state index in [1.165, 1.54) is 12.1 Å². The molecule has 8 heteroatoms. The van der Waals surface area contributed by atoms with Gasteiger partial charge in [-0.05, 0) is 30.9 Å². The highest BCUT2D eigenvalue weighted by atomic mass is 127. The Kier molecular flexibility index (Phi) is 7.24. The Hall–Kier alpha value is -1.19. The summed E-state index contributed by atoms with van der Waals surface area (Å²) in [7, 11) is 1.67. The number of nitrogens with one attached hydrogen (secondary N) is 2. The minimum Gasteiger partial charge on any atom is -0.406 e. The average Bonchev–Trinajstić information content (AvgIpc) is 3.22. The Morgan fingerprint density at radius 3 is 2.59 bits per heavy atom. The number of halogens is 4. The molecule has 1 saturated carbocycles. The number of nitrogens with zero attached hydrogens (tertiary/aromatic N) is 1. The van der Waals surface area contributed by atoms with E-state index in [4.69, 9.17) is 0 Å². The minimum absolute atomic E-state index is 0. The number of alkyl halides is 3. The first kappa shape index (κ1) is 18.9. The van der Waals surface area contributed by atoms with Crippen LogP contribution in [-0.4, -0.2) is 32.0 Å². The van der Waals surface area contributed by atoms with Gasteiger partial charge in [-0.1, -0.05) is 18.2 Å². The summed E-state index contributed by atoms with van der Waals surface area (Å²) in [5, 5.41) is 6.29. The highest BCUT2D eigenvalue weighted by Crippen LogP contribution is 2.26. The first-order chi connectivity index (χ1) is 9.98. The number of ether oxygens (including phenoxy) is 1. The van der Waals surface area contributed by atoms with Crippen LogP contribution in [0, 0.1) is 0 Å². The fourth-order valence-corrected chi connectivity index (χ4v) is 1.87. The molecule has 1 aromatic carbocycles. The van der Waals surface area contributed by atoms with E-state index < -0.39 is 6.36 Å². The van der Waals surface area contributed by atoms with E-state index >= 15 is 0 Å². The fraction of sp³-hybridized carbons (Fsp3) is 0.500. The Morgan fingerprint density at radius 1 is 1.32 bits per heavy atom. The molecule has 1 aliphatic rings. The van der Waals surface area contributed by atoms with E-state index in [1.54, 1.807) is 19.2 Å². The van der Waals surface area contributed by atoms with E-state index in [-0.39, 0.29) is 29.7 Å². The lowest BCUT2D eigenvalue weighted by Gasteiger charge is -2.14. The molecule has 22 heavy (non-hydrogen) atoms. The number of para-hydroxylation sites is 1. The molecular formula is C14H19F3IN3O. The van der Waals surface area contributed by atoms with Crippen molar-refractivity contribution in [1.82, 2.24) is 10.6 Å². The van der Waals surface area contributed by atoms with Crippen LogP contribution in [0.2, 0.25) is 0 Å². The zero-order valence-electron chi connectivity index (χ0n) is 12.1. The standard InChI is InChI=1S/C14H18F3N3O.HI/c1-18-13(20-11-6-7-11)19-9-8-10-4-2-3-5-12(10)21-14(15,16)17;/h2-5,11H,6-9H2,1H3,(H2,18,19,20);1H. The monoisotopic (exact) mass is 429 g/mol. The van der Waals surface area contributed by atoms with Gasteiger partial charge in [-0.25, -0.2) is 0 Å². The van der Waals surface area contributed by atoms with Crippen LogP contribution >= 0.6 is 24.0 Å². The van der Waals surface area contributed by atoms with E-state index in [9.17, 15) is 13.2 Å². The molecule has 2 rings (SSSR count). The third-order valence-electron chi connectivity index (χ3n) is 3.03. The van der Waals surface area contributed by atoms with E-state index in [0.717, 1.165) is 12.8 Å². The zero-order chi connectivity index (χ0) is 15.3. The second-order valence-electron chi connectivity index (χ2n) is 4.82. The summed E-state index contributed by atoms with van der Waals surface area (Å²) < 4.78 is 40.9. The largest absolute Gasteiger partial charge is 0.573 e. The van der Waals surface area contributed by atoms with Crippen molar-refractivity contribution in [2.24, 2.45) is 4.99 Å². The van der Waals surface area contributed by atoms with Crippen LogP contribution in [0.4, 0.5) is 13.2 Å². The van der Waals surface area contributed by atoms with Crippen LogP contribution < -0.4 is 15.4 Å². The molecular weight excluding hydrogens is 410 g/mol. The third-order valence-corrected chi connectivity index (χ3v) is 3.03. The molecule has 1 aliphatic carbocycles. The van der Waals surface area contributed by atoms with Gasteiger partial charge in [0.15, 0.2) is 5.96 Å². The van der Waals surface area contributed by atoms with Gasteiger partial charge in [0, 0.05) is 19.6 Å². The molecule has 2 N–H and O–H groups in total. The van der Waals surface area contributed by atoms with Crippen LogP contribution in [0.1, 0.15) is 18.4 Å². The molecule has 0 aromatic heterocycles. The van der Waals surface area contributed by atoms with Crippen molar-refractivity contribution in [2.45, 2.75) is 31.7 Å². The van der Waals surface area contributed by atoms with Crippen LogP contribution in [0.15, 0.2) is 29.3 Å². The summed E-state index contributed by atoms with van der Waals surface area (Å²) in [5.74, 6) is 0.517. The average molecular weight is 429 g/mol. The van der Waals surface area contributed by atoms with Gasteiger partial charge in [0.05, 0.1) is 0 Å². The van der Waals surface area contributed by atoms with E-state index in [1.807, 2.05) is 0 Å². The molecule has 1 fully saturated rings. The van der Waals surface area contributed by atoms with Crippen molar-refractivity contribution in [3.8, 4) is 5.75 Å². The Balaban J connectivity index is 0.00000242. The number of rotatable bonds is 5. The first-order valence-electron chi connectivity index (χ1n) is 6.79. The molecule has 0 radical (unpaired) electrons. The molecule has 124 valence electrons. The Labute approximate surface area is 144 Å². The molecule has 0 unspecified atom stereocenters. The van der Waals surface area contributed by atoms with Gasteiger partial charge in [0.1, 0.15) is 5.75 Å². The highest BCUT2D eigenvalue weighted by Gasteiger charge is 2.31. The number of benzene rings is 1. The molecule has 0 heterocycles. The van der Waals surface area contributed by atoms with Crippen molar-refractivity contribution >= 4 is 29.9 Å². The van der Waals surface area contributed by atoms with Crippen LogP contribution in [0.5, 0.6) is 5.75 Å². The maximum atomic E-state index is 12.3. The molecule has 0 spiro atoms. The maximum absolute atomic E-state index is 12.3. The van der Waals surface area contributed by atoms with Gasteiger partial charge in [-0.2, -0.15) is 0 Å². The normalized spacial score (nSPS) is 15.0. The molecule has 4 nitrogen and oxygen atoms in total. The maximum Gasteiger partial charge on any atom is 0.573 e. The quantitative estimate of drug-likeness (QED) is 0.430. The number of aliphatic imine (C=N–C) groups is 1. The lowest BCUT2D eigenvalue weighted by atomic mass is 10.1. The summed E-state index contributed by atoms with van der Waals surface area (Å²) in [6.45, 7) is 0.477. The number of guanidine groups is 1. The lowest BCUT2D eigenvalue weighted by molar-refractivity contribution is -0.274. The first-order valence-corrected chi connectivity index (χ1v) is 6.79. The third kappa shape index (κ3) is 6.71. The molecule has 0 amide bonds. The number of hydrogen-bond donors (Lipinski definition) is 2. The van der Waals surface area contributed by atoms with Crippen molar-refractivity contribution in [3.63, 3.8) is 0 Å². The predicted molar refractivity (Wildman–Crippen MR) is 89.8 cm³/mol. The molecule has 0 saturated heterocycles. The number of hydrogen-bond acceptors (Lipinski definition) is 2. The fourth-order valence-electron chi connectivity index (χ4n) is 1.87. The Bertz CT molecular complexity index is 504. The van der Waals surface area contributed by atoms with E-state index in [0.29, 0.717) is 30.5 Å². The van der Waals surface area contributed by atoms with Crippen LogP contribution in [0.25, 0.3) is 0 Å². The predicted octanol–water partition coefficient (Wildman–Crippen LogP) is 3.07. The molecule has 0 aliphatic heterocycles. The molecule has 1 aromatic rings. The van der Waals surface area contributed by atoms with Gasteiger partial charge >= 0.3 is 6.36 Å². The smallest absolute Gasteiger partial charge is 0.406 e. The molecule has 0 bridgehead atoms. The second-order valence-corrected chi connectivity index (χ2v) is 4.82. The summed E-state index contributed by atoms with van der Waals surface area (Å²) in [6, 6.07) is 6.62. The Morgan fingerprint density at radius 2 is 2.00 bits per heavy atom. The SMILES string of the molecule is CN=C(NCCc1ccccc1OC(F)(F)F)NC1CC1.I. The van der Waals surface area contributed by atoms with Crippen molar-refractivity contribution < 1.29 is 17.9 Å². The van der Waals surface area contributed by atoms with Crippen molar-refractivity contribution in [1.29, 1.82) is 0 Å². The minimum atomic E-state index is -4.67. The van der Waals surface area contributed by atoms with Crippen molar-refractivity contribution in [2.75, 3.05) is 13.6 Å². The van der Waals surface area contributed by atoms with Gasteiger partial charge < -0.3 is 15.4 Å². The van der Waals surface area contributed by atoms with Gasteiger partial charge in [0.2, 0.25) is 0 Å². The summed E-state index contributed by atoms with van der Waals surface area (Å²) >= 11 is 0. The zero-order valence-corrected chi connectivity index (χ0v) is 14.4. The van der Waals surface area contributed by atoms with E-state index in [2.05, 4.69) is 20.4 Å². The summed E-state index contributed by atoms with van der Waals surface area (Å²) in [5.41, 5.74) is 0.504. The summed E-state index contributed by atoms with van der Waals surface area (Å²) in [4.78, 5) is 4.06. The summed E-state index contributed by atoms with van der Waals surface area (Å²) in [6.07, 6.45) is -2.00. The van der Waals surface area contributed by atoms with Crippen LogP contribution in [0.3, 0.4) is 0 Å². The molecule has 0 atom stereocenters. The van der Waals surface area contributed by atoms with Gasteiger partial charge in [0.25, 0.3) is 0 Å². The second kappa shape index (κ2) is 8.44. The lowest BCUT2D eigenvalue weighted by Crippen LogP contribution is -2.39. The van der Waals surface area contributed by atoms with Gasteiger partial charge in [-0.3, -0.25) is 4.99 Å². The highest BCUT2D eigenvalue weighted by molar-refractivity contribution is 14.0. The topological polar surface area (TPSA) is 45.7 Å².